The summed E-state index contributed by atoms with van der Waals surface area (Å²) < 4.78 is 17.7. The standard InChI is InChI=1S/C23H21BrClNO4/c1-16(30-22-11-10-17(25)14-21(22)24)23(27)26-18-6-5-9-20(15-18)29-13-12-28-19-7-3-2-4-8-19/h2-11,14-16H,12-13H2,1H3,(H,26,27). The van der Waals surface area contributed by atoms with E-state index in [2.05, 4.69) is 21.2 Å². The summed E-state index contributed by atoms with van der Waals surface area (Å²) in [5.41, 5.74) is 0.618. The summed E-state index contributed by atoms with van der Waals surface area (Å²) in [6, 6.07) is 21.8. The van der Waals surface area contributed by atoms with Crippen molar-refractivity contribution in [1.82, 2.24) is 0 Å². The Kier molecular flexibility index (Phi) is 7.99. The van der Waals surface area contributed by atoms with Crippen LogP contribution in [0.1, 0.15) is 6.92 Å². The lowest BCUT2D eigenvalue weighted by Gasteiger charge is -2.16. The number of rotatable bonds is 9. The smallest absolute Gasteiger partial charge is 0.265 e. The molecule has 0 saturated carbocycles. The molecule has 3 aromatic rings. The zero-order chi connectivity index (χ0) is 21.3. The van der Waals surface area contributed by atoms with E-state index >= 15 is 0 Å². The van der Waals surface area contributed by atoms with Crippen LogP contribution in [0.5, 0.6) is 17.2 Å². The largest absolute Gasteiger partial charge is 0.490 e. The van der Waals surface area contributed by atoms with Crippen molar-refractivity contribution in [2.75, 3.05) is 18.5 Å². The molecule has 0 heterocycles. The molecular weight excluding hydrogens is 470 g/mol. The van der Waals surface area contributed by atoms with Crippen LogP contribution in [-0.2, 0) is 4.79 Å². The minimum absolute atomic E-state index is 0.276. The van der Waals surface area contributed by atoms with Crippen LogP contribution in [-0.4, -0.2) is 25.2 Å². The molecular formula is C23H21BrClNO4. The van der Waals surface area contributed by atoms with E-state index in [4.69, 9.17) is 25.8 Å². The maximum absolute atomic E-state index is 12.5. The molecule has 0 spiro atoms. The number of nitrogens with one attached hydrogen (secondary N) is 1. The molecule has 0 bridgehead atoms. The third-order valence-corrected chi connectivity index (χ3v) is 4.89. The first kappa shape index (κ1) is 22.0. The Labute approximate surface area is 189 Å². The lowest BCUT2D eigenvalue weighted by molar-refractivity contribution is -0.122. The number of hydrogen-bond donors (Lipinski definition) is 1. The van der Waals surface area contributed by atoms with Crippen LogP contribution < -0.4 is 19.5 Å². The minimum atomic E-state index is -0.702. The number of anilines is 1. The summed E-state index contributed by atoms with van der Waals surface area (Å²) in [5, 5.41) is 3.41. The van der Waals surface area contributed by atoms with Gasteiger partial charge in [0.2, 0.25) is 0 Å². The van der Waals surface area contributed by atoms with Crippen LogP contribution in [0.15, 0.2) is 77.3 Å². The van der Waals surface area contributed by atoms with Crippen molar-refractivity contribution in [3.05, 3.63) is 82.3 Å². The number of amides is 1. The second-order valence-electron chi connectivity index (χ2n) is 6.36. The van der Waals surface area contributed by atoms with Crippen molar-refractivity contribution in [3.63, 3.8) is 0 Å². The van der Waals surface area contributed by atoms with E-state index in [1.807, 2.05) is 42.5 Å². The maximum Gasteiger partial charge on any atom is 0.265 e. The van der Waals surface area contributed by atoms with Crippen LogP contribution in [0.3, 0.4) is 0 Å². The molecule has 0 aliphatic rings. The second kappa shape index (κ2) is 10.9. The van der Waals surface area contributed by atoms with Crippen molar-refractivity contribution in [3.8, 4) is 17.2 Å². The van der Waals surface area contributed by atoms with E-state index in [1.54, 1.807) is 37.3 Å². The molecule has 3 rings (SSSR count). The Bertz CT molecular complexity index is 984. The lowest BCUT2D eigenvalue weighted by atomic mass is 10.2. The van der Waals surface area contributed by atoms with Crippen molar-refractivity contribution in [1.29, 1.82) is 0 Å². The fourth-order valence-electron chi connectivity index (χ4n) is 2.56. The van der Waals surface area contributed by atoms with Crippen LogP contribution >= 0.6 is 27.5 Å². The van der Waals surface area contributed by atoms with Crippen molar-refractivity contribution in [2.24, 2.45) is 0 Å². The van der Waals surface area contributed by atoms with Crippen LogP contribution in [0, 0.1) is 0 Å². The van der Waals surface area contributed by atoms with Crippen molar-refractivity contribution < 1.29 is 19.0 Å². The van der Waals surface area contributed by atoms with Gasteiger partial charge < -0.3 is 19.5 Å². The van der Waals surface area contributed by atoms with Gasteiger partial charge in [0.25, 0.3) is 5.91 Å². The fourth-order valence-corrected chi connectivity index (χ4v) is 3.33. The van der Waals surface area contributed by atoms with Gasteiger partial charge in [-0.05, 0) is 65.3 Å². The topological polar surface area (TPSA) is 56.8 Å². The summed E-state index contributed by atoms with van der Waals surface area (Å²) in [4.78, 5) is 12.5. The van der Waals surface area contributed by atoms with Gasteiger partial charge in [0, 0.05) is 16.8 Å². The molecule has 1 amide bonds. The number of carbonyl (C=O) groups excluding carboxylic acids is 1. The van der Waals surface area contributed by atoms with Gasteiger partial charge in [-0.3, -0.25) is 4.79 Å². The molecule has 156 valence electrons. The SMILES string of the molecule is CC(Oc1ccc(Cl)cc1Br)C(=O)Nc1cccc(OCCOc2ccccc2)c1. The van der Waals surface area contributed by atoms with Gasteiger partial charge in [0.1, 0.15) is 30.5 Å². The fraction of sp³-hybridized carbons (Fsp3) is 0.174. The maximum atomic E-state index is 12.5. The van der Waals surface area contributed by atoms with E-state index < -0.39 is 6.10 Å². The number of ether oxygens (including phenoxy) is 3. The van der Waals surface area contributed by atoms with E-state index in [1.165, 1.54) is 0 Å². The molecule has 1 atom stereocenters. The van der Waals surface area contributed by atoms with Gasteiger partial charge in [-0.15, -0.1) is 0 Å². The third kappa shape index (κ3) is 6.68. The molecule has 0 radical (unpaired) electrons. The molecule has 0 fully saturated rings. The highest BCUT2D eigenvalue weighted by Gasteiger charge is 2.16. The normalized spacial score (nSPS) is 11.4. The molecule has 0 aliphatic carbocycles. The second-order valence-corrected chi connectivity index (χ2v) is 7.65. The van der Waals surface area contributed by atoms with Gasteiger partial charge >= 0.3 is 0 Å². The molecule has 30 heavy (non-hydrogen) atoms. The Morgan fingerprint density at radius 2 is 1.67 bits per heavy atom. The summed E-state index contributed by atoms with van der Waals surface area (Å²) in [6.07, 6.45) is -0.702. The predicted octanol–water partition coefficient (Wildman–Crippen LogP) is 5.97. The number of hydrogen-bond acceptors (Lipinski definition) is 4. The molecule has 3 aromatic carbocycles. The lowest BCUT2D eigenvalue weighted by Crippen LogP contribution is -2.30. The predicted molar refractivity (Wildman–Crippen MR) is 122 cm³/mol. The van der Waals surface area contributed by atoms with E-state index in [0.717, 1.165) is 5.75 Å². The number of halogens is 2. The number of carbonyl (C=O) groups is 1. The Morgan fingerprint density at radius 3 is 2.40 bits per heavy atom. The van der Waals surface area contributed by atoms with Crippen molar-refractivity contribution >= 4 is 39.1 Å². The van der Waals surface area contributed by atoms with E-state index in [9.17, 15) is 4.79 Å². The Balaban J connectivity index is 1.49. The molecule has 0 saturated heterocycles. The number of benzene rings is 3. The van der Waals surface area contributed by atoms with Gasteiger partial charge in [-0.2, -0.15) is 0 Å². The van der Waals surface area contributed by atoms with Crippen LogP contribution in [0.4, 0.5) is 5.69 Å². The first-order valence-corrected chi connectivity index (χ1v) is 10.5. The highest BCUT2D eigenvalue weighted by Crippen LogP contribution is 2.29. The summed E-state index contributed by atoms with van der Waals surface area (Å²) in [6.45, 7) is 2.48. The summed E-state index contributed by atoms with van der Waals surface area (Å²) >= 11 is 9.31. The first-order chi connectivity index (χ1) is 14.5. The highest BCUT2D eigenvalue weighted by molar-refractivity contribution is 9.10. The Hall–Kier alpha value is -2.70. The zero-order valence-electron chi connectivity index (χ0n) is 16.3. The highest BCUT2D eigenvalue weighted by atomic mass is 79.9. The van der Waals surface area contributed by atoms with Gasteiger partial charge in [0.15, 0.2) is 6.10 Å². The van der Waals surface area contributed by atoms with Gasteiger partial charge in [-0.25, -0.2) is 0 Å². The molecule has 1 unspecified atom stereocenters. The average molecular weight is 491 g/mol. The van der Waals surface area contributed by atoms with Gasteiger partial charge in [-0.1, -0.05) is 35.9 Å². The monoisotopic (exact) mass is 489 g/mol. The molecule has 5 nitrogen and oxygen atoms in total. The molecule has 0 aromatic heterocycles. The zero-order valence-corrected chi connectivity index (χ0v) is 18.7. The van der Waals surface area contributed by atoms with E-state index in [0.29, 0.717) is 39.9 Å². The molecule has 7 heteroatoms. The number of para-hydroxylation sites is 1. The quantitative estimate of drug-likeness (QED) is 0.376. The third-order valence-electron chi connectivity index (χ3n) is 4.03. The Morgan fingerprint density at radius 1 is 0.967 bits per heavy atom. The average Bonchev–Trinajstić information content (AvgIpc) is 2.74. The molecule has 1 N–H and O–H groups in total. The first-order valence-electron chi connectivity index (χ1n) is 9.34. The van der Waals surface area contributed by atoms with E-state index in [-0.39, 0.29) is 5.91 Å². The van der Waals surface area contributed by atoms with Crippen LogP contribution in [0.25, 0.3) is 0 Å². The summed E-state index contributed by atoms with van der Waals surface area (Å²) in [5.74, 6) is 1.70. The summed E-state index contributed by atoms with van der Waals surface area (Å²) in [7, 11) is 0. The van der Waals surface area contributed by atoms with Crippen LogP contribution in [0.2, 0.25) is 5.02 Å². The minimum Gasteiger partial charge on any atom is -0.490 e. The van der Waals surface area contributed by atoms with Crippen molar-refractivity contribution in [2.45, 2.75) is 13.0 Å². The molecule has 0 aliphatic heterocycles. The van der Waals surface area contributed by atoms with Gasteiger partial charge in [0.05, 0.1) is 4.47 Å².